The molecule has 2 N–H and O–H groups in total. The summed E-state index contributed by atoms with van der Waals surface area (Å²) in [5.74, 6) is 1.78. The molecule has 0 aliphatic heterocycles. The van der Waals surface area contributed by atoms with Gasteiger partial charge in [0.2, 0.25) is 5.75 Å². The van der Waals surface area contributed by atoms with Crippen LogP contribution >= 0.6 is 0 Å². The normalized spacial score (nSPS) is 16.4. The van der Waals surface area contributed by atoms with Crippen molar-refractivity contribution in [2.45, 2.75) is 32.4 Å². The number of ether oxygens (including phenoxy) is 2. The van der Waals surface area contributed by atoms with Crippen LogP contribution in [0, 0.1) is 5.92 Å². The summed E-state index contributed by atoms with van der Waals surface area (Å²) >= 11 is 0. The molecule has 0 spiro atoms. The third kappa shape index (κ3) is 2.88. The van der Waals surface area contributed by atoms with Gasteiger partial charge in [-0.1, -0.05) is 0 Å². The van der Waals surface area contributed by atoms with Crippen molar-refractivity contribution in [3.05, 3.63) is 17.7 Å². The van der Waals surface area contributed by atoms with Gasteiger partial charge >= 0.3 is 0 Å². The van der Waals surface area contributed by atoms with Gasteiger partial charge in [-0.25, -0.2) is 0 Å². The summed E-state index contributed by atoms with van der Waals surface area (Å²) in [6.45, 7) is 2.97. The Morgan fingerprint density at radius 2 is 1.83 bits per heavy atom. The molecular formula is C14H21NO3. The van der Waals surface area contributed by atoms with Crippen LogP contribution in [0.1, 0.15) is 25.3 Å². The van der Waals surface area contributed by atoms with Crippen LogP contribution in [0.5, 0.6) is 17.2 Å². The molecule has 100 valence electrons. The average Bonchev–Trinajstić information content (AvgIpc) is 3.21. The number of phenols is 1. The first kappa shape index (κ1) is 13.0. The maximum absolute atomic E-state index is 9.82. The van der Waals surface area contributed by atoms with Gasteiger partial charge in [-0.05, 0) is 43.4 Å². The standard InChI is InChI=1S/C14H21NO3/c1-9(11-4-5-11)15-8-10-6-12(17-2)14(16)13(7-10)18-3/h6-7,9,11,15-16H,4-5,8H2,1-3H3. The lowest BCUT2D eigenvalue weighted by molar-refractivity contribution is 0.338. The van der Waals surface area contributed by atoms with Crippen molar-refractivity contribution in [3.63, 3.8) is 0 Å². The lowest BCUT2D eigenvalue weighted by atomic mass is 10.1. The summed E-state index contributed by atoms with van der Waals surface area (Å²) < 4.78 is 10.3. The van der Waals surface area contributed by atoms with Crippen molar-refractivity contribution in [2.24, 2.45) is 5.92 Å². The van der Waals surface area contributed by atoms with Crippen LogP contribution in [0.15, 0.2) is 12.1 Å². The fourth-order valence-corrected chi connectivity index (χ4v) is 2.09. The van der Waals surface area contributed by atoms with Gasteiger partial charge in [0, 0.05) is 12.6 Å². The number of rotatable bonds is 6. The highest BCUT2D eigenvalue weighted by molar-refractivity contribution is 5.52. The van der Waals surface area contributed by atoms with E-state index < -0.39 is 0 Å². The Morgan fingerprint density at radius 1 is 1.28 bits per heavy atom. The Labute approximate surface area is 108 Å². The van der Waals surface area contributed by atoms with E-state index in [0.29, 0.717) is 17.5 Å². The van der Waals surface area contributed by atoms with Crippen LogP contribution in [0.3, 0.4) is 0 Å². The summed E-state index contributed by atoms with van der Waals surface area (Å²) in [5.41, 5.74) is 1.05. The van der Waals surface area contributed by atoms with Crippen LogP contribution in [0.4, 0.5) is 0 Å². The quantitative estimate of drug-likeness (QED) is 0.814. The van der Waals surface area contributed by atoms with E-state index in [9.17, 15) is 5.11 Å². The minimum atomic E-state index is 0.0546. The topological polar surface area (TPSA) is 50.7 Å². The fourth-order valence-electron chi connectivity index (χ4n) is 2.09. The molecule has 18 heavy (non-hydrogen) atoms. The summed E-state index contributed by atoms with van der Waals surface area (Å²) in [6.07, 6.45) is 2.66. The smallest absolute Gasteiger partial charge is 0.200 e. The SMILES string of the molecule is COc1cc(CNC(C)C2CC2)cc(OC)c1O. The molecule has 4 heteroatoms. The molecule has 1 aliphatic carbocycles. The van der Waals surface area contributed by atoms with E-state index in [0.717, 1.165) is 18.0 Å². The first-order valence-corrected chi connectivity index (χ1v) is 6.33. The van der Waals surface area contributed by atoms with Gasteiger partial charge in [-0.3, -0.25) is 0 Å². The zero-order chi connectivity index (χ0) is 13.1. The largest absolute Gasteiger partial charge is 0.502 e. The summed E-state index contributed by atoms with van der Waals surface area (Å²) in [4.78, 5) is 0. The number of aromatic hydroxyl groups is 1. The maximum atomic E-state index is 9.82. The van der Waals surface area contributed by atoms with Crippen molar-refractivity contribution in [1.82, 2.24) is 5.32 Å². The Bertz CT molecular complexity index is 390. The van der Waals surface area contributed by atoms with E-state index in [2.05, 4.69) is 12.2 Å². The van der Waals surface area contributed by atoms with Crippen molar-refractivity contribution in [3.8, 4) is 17.2 Å². The van der Waals surface area contributed by atoms with Crippen molar-refractivity contribution >= 4 is 0 Å². The van der Waals surface area contributed by atoms with Crippen LogP contribution in [-0.4, -0.2) is 25.4 Å². The number of nitrogens with one attached hydrogen (secondary N) is 1. The lowest BCUT2D eigenvalue weighted by Gasteiger charge is -2.15. The summed E-state index contributed by atoms with van der Waals surface area (Å²) in [5, 5.41) is 13.3. The highest BCUT2D eigenvalue weighted by atomic mass is 16.5. The average molecular weight is 251 g/mol. The molecule has 1 saturated carbocycles. The Morgan fingerprint density at radius 3 is 2.28 bits per heavy atom. The molecule has 1 aromatic rings. The Balaban J connectivity index is 2.06. The van der Waals surface area contributed by atoms with Crippen molar-refractivity contribution in [2.75, 3.05) is 14.2 Å². The van der Waals surface area contributed by atoms with Crippen molar-refractivity contribution < 1.29 is 14.6 Å². The van der Waals surface area contributed by atoms with E-state index in [1.54, 1.807) is 14.2 Å². The monoisotopic (exact) mass is 251 g/mol. The summed E-state index contributed by atoms with van der Waals surface area (Å²) in [7, 11) is 3.08. The van der Waals surface area contributed by atoms with Gasteiger partial charge in [0.25, 0.3) is 0 Å². The third-order valence-corrected chi connectivity index (χ3v) is 3.50. The molecular weight excluding hydrogens is 230 g/mol. The van der Waals surface area contributed by atoms with Crippen molar-refractivity contribution in [1.29, 1.82) is 0 Å². The van der Waals surface area contributed by atoms with Crippen LogP contribution in [-0.2, 0) is 6.54 Å². The van der Waals surface area contributed by atoms with Gasteiger partial charge in [-0.15, -0.1) is 0 Å². The molecule has 0 amide bonds. The first-order chi connectivity index (χ1) is 8.65. The summed E-state index contributed by atoms with van der Waals surface area (Å²) in [6, 6.07) is 4.21. The number of methoxy groups -OCH3 is 2. The Kier molecular flexibility index (Phi) is 3.97. The molecule has 0 aromatic heterocycles. The van der Waals surface area contributed by atoms with Gasteiger partial charge in [0.05, 0.1) is 14.2 Å². The van der Waals surface area contributed by atoms with Gasteiger partial charge in [-0.2, -0.15) is 0 Å². The van der Waals surface area contributed by atoms with Gasteiger partial charge < -0.3 is 19.9 Å². The number of phenolic OH excluding ortho intramolecular Hbond substituents is 1. The van der Waals surface area contributed by atoms with E-state index in [1.165, 1.54) is 12.8 Å². The molecule has 0 saturated heterocycles. The number of hydrogen-bond donors (Lipinski definition) is 2. The Hall–Kier alpha value is -1.42. The maximum Gasteiger partial charge on any atom is 0.200 e. The van der Waals surface area contributed by atoms with Crippen LogP contribution < -0.4 is 14.8 Å². The lowest BCUT2D eigenvalue weighted by Crippen LogP contribution is -2.27. The van der Waals surface area contributed by atoms with Crippen LogP contribution in [0.2, 0.25) is 0 Å². The van der Waals surface area contributed by atoms with E-state index >= 15 is 0 Å². The predicted octanol–water partition coefficient (Wildman–Crippen LogP) is 2.30. The molecule has 1 fully saturated rings. The number of hydrogen-bond acceptors (Lipinski definition) is 4. The fraction of sp³-hybridized carbons (Fsp3) is 0.571. The van der Waals surface area contributed by atoms with E-state index in [4.69, 9.17) is 9.47 Å². The minimum absolute atomic E-state index is 0.0546. The predicted molar refractivity (Wildman–Crippen MR) is 70.2 cm³/mol. The highest BCUT2D eigenvalue weighted by Crippen LogP contribution is 2.37. The molecule has 0 radical (unpaired) electrons. The second-order valence-corrected chi connectivity index (χ2v) is 4.86. The second-order valence-electron chi connectivity index (χ2n) is 4.86. The molecule has 1 atom stereocenters. The second kappa shape index (κ2) is 5.48. The van der Waals surface area contributed by atoms with Crippen LogP contribution in [0.25, 0.3) is 0 Å². The first-order valence-electron chi connectivity index (χ1n) is 6.33. The zero-order valence-electron chi connectivity index (χ0n) is 11.2. The molecule has 1 aliphatic rings. The molecule has 1 unspecified atom stereocenters. The minimum Gasteiger partial charge on any atom is -0.502 e. The molecule has 4 nitrogen and oxygen atoms in total. The molecule has 2 rings (SSSR count). The molecule has 1 aromatic carbocycles. The van der Waals surface area contributed by atoms with Gasteiger partial charge in [0.1, 0.15) is 0 Å². The highest BCUT2D eigenvalue weighted by Gasteiger charge is 2.27. The van der Waals surface area contributed by atoms with E-state index in [1.807, 2.05) is 12.1 Å². The number of benzene rings is 1. The zero-order valence-corrected chi connectivity index (χ0v) is 11.2. The third-order valence-electron chi connectivity index (χ3n) is 3.50. The van der Waals surface area contributed by atoms with E-state index in [-0.39, 0.29) is 5.75 Å². The molecule has 0 heterocycles. The molecule has 0 bridgehead atoms. The van der Waals surface area contributed by atoms with Gasteiger partial charge in [0.15, 0.2) is 11.5 Å².